The van der Waals surface area contributed by atoms with Gasteiger partial charge in [0.05, 0.1) is 6.61 Å². The molecule has 0 spiro atoms. The van der Waals surface area contributed by atoms with Crippen molar-refractivity contribution < 1.29 is 14.6 Å². The highest BCUT2D eigenvalue weighted by molar-refractivity contribution is 9.10. The molecule has 1 aromatic rings. The summed E-state index contributed by atoms with van der Waals surface area (Å²) in [6.07, 6.45) is 3.65. The Morgan fingerprint density at radius 2 is 2.04 bits per heavy atom. The summed E-state index contributed by atoms with van der Waals surface area (Å²) in [6.45, 7) is 9.84. The smallest absolute Gasteiger partial charge is 0.407 e. The van der Waals surface area contributed by atoms with Crippen molar-refractivity contribution in [1.29, 1.82) is 0 Å². The Bertz CT molecular complexity index is 529. The van der Waals surface area contributed by atoms with Crippen molar-refractivity contribution in [2.24, 2.45) is 11.3 Å². The van der Waals surface area contributed by atoms with E-state index in [2.05, 4.69) is 26.2 Å². The van der Waals surface area contributed by atoms with Gasteiger partial charge in [-0.3, -0.25) is 4.98 Å². The number of nitrogens with zero attached hydrogens (tertiary/aromatic N) is 1. The van der Waals surface area contributed by atoms with Crippen molar-refractivity contribution in [3.05, 3.63) is 28.5 Å². The van der Waals surface area contributed by atoms with Crippen LogP contribution in [0.1, 0.15) is 40.2 Å². The van der Waals surface area contributed by atoms with Crippen molar-refractivity contribution in [2.45, 2.75) is 46.6 Å². The molecule has 1 rings (SSSR count). The summed E-state index contributed by atoms with van der Waals surface area (Å²) >= 11 is 3.41. The van der Waals surface area contributed by atoms with Crippen LogP contribution in [0, 0.1) is 11.3 Å². The van der Waals surface area contributed by atoms with Crippen LogP contribution in [0.3, 0.4) is 0 Å². The Labute approximate surface area is 147 Å². The molecule has 0 saturated carbocycles. The SMILES string of the molecule is CC(C)C(CO)(CNC(=O)OC(C)(C)C)Cc1cncc(Br)c1. The molecular formula is C17H27BrN2O3. The molecule has 1 atom stereocenters. The summed E-state index contributed by atoms with van der Waals surface area (Å²) in [6, 6.07) is 1.98. The zero-order valence-electron chi connectivity index (χ0n) is 14.5. The number of aliphatic hydroxyl groups is 1. The molecule has 5 nitrogen and oxygen atoms in total. The Morgan fingerprint density at radius 3 is 2.52 bits per heavy atom. The Hall–Kier alpha value is -1.14. The predicted molar refractivity (Wildman–Crippen MR) is 94.2 cm³/mol. The minimum Gasteiger partial charge on any atom is -0.444 e. The molecule has 0 saturated heterocycles. The number of carbonyl (C=O) groups is 1. The van der Waals surface area contributed by atoms with Crippen LogP contribution in [-0.4, -0.2) is 34.9 Å². The number of carbonyl (C=O) groups excluding carboxylic acids is 1. The summed E-state index contributed by atoms with van der Waals surface area (Å²) in [5, 5.41) is 12.8. The van der Waals surface area contributed by atoms with E-state index in [4.69, 9.17) is 4.74 Å². The van der Waals surface area contributed by atoms with Crippen LogP contribution in [0.4, 0.5) is 4.79 Å². The normalized spacial score (nSPS) is 14.4. The van der Waals surface area contributed by atoms with E-state index in [1.165, 1.54) is 0 Å². The van der Waals surface area contributed by atoms with Gasteiger partial charge in [0.15, 0.2) is 0 Å². The van der Waals surface area contributed by atoms with E-state index in [9.17, 15) is 9.90 Å². The number of nitrogens with one attached hydrogen (secondary N) is 1. The van der Waals surface area contributed by atoms with E-state index < -0.39 is 17.1 Å². The Morgan fingerprint density at radius 1 is 1.39 bits per heavy atom. The highest BCUT2D eigenvalue weighted by atomic mass is 79.9. The molecule has 0 radical (unpaired) electrons. The largest absolute Gasteiger partial charge is 0.444 e. The van der Waals surface area contributed by atoms with Gasteiger partial charge in [0, 0.05) is 28.8 Å². The fourth-order valence-electron chi connectivity index (χ4n) is 2.29. The molecule has 1 aromatic heterocycles. The topological polar surface area (TPSA) is 71.5 Å². The average Bonchev–Trinajstić information content (AvgIpc) is 2.41. The number of hydrogen-bond acceptors (Lipinski definition) is 4. The second-order valence-electron chi connectivity index (χ2n) is 7.22. The number of halogens is 1. The van der Waals surface area contributed by atoms with Crippen LogP contribution in [-0.2, 0) is 11.2 Å². The number of alkyl carbamates (subject to hydrolysis) is 1. The molecule has 130 valence electrons. The first-order valence-electron chi connectivity index (χ1n) is 7.75. The molecule has 0 bridgehead atoms. The highest BCUT2D eigenvalue weighted by Crippen LogP contribution is 2.31. The second kappa shape index (κ2) is 8.11. The predicted octanol–water partition coefficient (Wildman–Crippen LogP) is 3.55. The standard InChI is InChI=1S/C17H27BrN2O3/c1-12(2)17(11-21,7-13-6-14(18)9-19-8-13)10-20-15(22)23-16(3,4)5/h6,8-9,12,21H,7,10-11H2,1-5H3,(H,20,22). The molecule has 0 aliphatic carbocycles. The second-order valence-corrected chi connectivity index (χ2v) is 8.13. The first-order chi connectivity index (χ1) is 10.6. The number of ether oxygens (including phenoxy) is 1. The maximum Gasteiger partial charge on any atom is 0.407 e. The molecule has 1 unspecified atom stereocenters. The van der Waals surface area contributed by atoms with Gasteiger partial charge in [-0.1, -0.05) is 13.8 Å². The van der Waals surface area contributed by atoms with Crippen LogP contribution in [0.5, 0.6) is 0 Å². The van der Waals surface area contributed by atoms with E-state index in [1.54, 1.807) is 12.4 Å². The minimum atomic E-state index is -0.544. The van der Waals surface area contributed by atoms with Gasteiger partial charge in [-0.2, -0.15) is 0 Å². The molecular weight excluding hydrogens is 360 g/mol. The Kier molecular flexibility index (Phi) is 7.02. The summed E-state index contributed by atoms with van der Waals surface area (Å²) in [4.78, 5) is 16.1. The molecule has 1 heterocycles. The quantitative estimate of drug-likeness (QED) is 0.783. The van der Waals surface area contributed by atoms with Crippen molar-refractivity contribution in [2.75, 3.05) is 13.2 Å². The highest BCUT2D eigenvalue weighted by Gasteiger charge is 2.34. The minimum absolute atomic E-state index is 0.0347. The van der Waals surface area contributed by atoms with Gasteiger partial charge in [-0.25, -0.2) is 4.79 Å². The van der Waals surface area contributed by atoms with E-state index in [0.717, 1.165) is 10.0 Å². The van der Waals surface area contributed by atoms with Crippen molar-refractivity contribution in [3.63, 3.8) is 0 Å². The van der Waals surface area contributed by atoms with Crippen LogP contribution < -0.4 is 5.32 Å². The molecule has 23 heavy (non-hydrogen) atoms. The molecule has 0 aliphatic rings. The van der Waals surface area contributed by atoms with E-state index in [1.807, 2.05) is 40.7 Å². The van der Waals surface area contributed by atoms with Crippen LogP contribution in [0.2, 0.25) is 0 Å². The monoisotopic (exact) mass is 386 g/mol. The number of rotatable bonds is 6. The van der Waals surface area contributed by atoms with Gasteiger partial charge in [-0.05, 0) is 60.7 Å². The van der Waals surface area contributed by atoms with Crippen molar-refractivity contribution in [3.8, 4) is 0 Å². The van der Waals surface area contributed by atoms with Crippen LogP contribution >= 0.6 is 15.9 Å². The molecule has 1 amide bonds. The molecule has 0 aromatic carbocycles. The van der Waals surface area contributed by atoms with Crippen molar-refractivity contribution in [1.82, 2.24) is 10.3 Å². The van der Waals surface area contributed by atoms with Gasteiger partial charge in [-0.15, -0.1) is 0 Å². The fourth-order valence-corrected chi connectivity index (χ4v) is 2.70. The lowest BCUT2D eigenvalue weighted by molar-refractivity contribution is 0.0394. The first-order valence-corrected chi connectivity index (χ1v) is 8.54. The third kappa shape index (κ3) is 6.47. The lowest BCUT2D eigenvalue weighted by atomic mass is 9.73. The first kappa shape index (κ1) is 19.9. The summed E-state index contributed by atoms with van der Waals surface area (Å²) in [5.41, 5.74) is -0.00897. The fraction of sp³-hybridized carbons (Fsp3) is 0.647. The van der Waals surface area contributed by atoms with Gasteiger partial charge < -0.3 is 15.2 Å². The number of amides is 1. The third-order valence-corrected chi connectivity index (χ3v) is 4.27. The van der Waals surface area contributed by atoms with Crippen LogP contribution in [0.25, 0.3) is 0 Å². The number of pyridine rings is 1. The van der Waals surface area contributed by atoms with Gasteiger partial charge in [0.2, 0.25) is 0 Å². The third-order valence-electron chi connectivity index (χ3n) is 3.84. The lowest BCUT2D eigenvalue weighted by Gasteiger charge is -2.36. The number of hydrogen-bond donors (Lipinski definition) is 2. The summed E-state index contributed by atoms with van der Waals surface area (Å²) in [5.74, 6) is 0.168. The van der Waals surface area contributed by atoms with E-state index >= 15 is 0 Å². The molecule has 2 N–H and O–H groups in total. The summed E-state index contributed by atoms with van der Waals surface area (Å²) in [7, 11) is 0. The average molecular weight is 387 g/mol. The maximum absolute atomic E-state index is 11.9. The van der Waals surface area contributed by atoms with E-state index in [0.29, 0.717) is 13.0 Å². The Balaban J connectivity index is 2.84. The number of aromatic nitrogens is 1. The molecule has 6 heteroatoms. The van der Waals surface area contributed by atoms with Crippen LogP contribution in [0.15, 0.2) is 22.9 Å². The van der Waals surface area contributed by atoms with E-state index in [-0.39, 0.29) is 12.5 Å². The van der Waals surface area contributed by atoms with Gasteiger partial charge in [0.1, 0.15) is 5.60 Å². The van der Waals surface area contributed by atoms with Crippen molar-refractivity contribution >= 4 is 22.0 Å². The lowest BCUT2D eigenvalue weighted by Crippen LogP contribution is -2.46. The maximum atomic E-state index is 11.9. The summed E-state index contributed by atoms with van der Waals surface area (Å²) < 4.78 is 6.17. The molecule has 0 aliphatic heterocycles. The zero-order valence-corrected chi connectivity index (χ0v) is 16.1. The zero-order chi connectivity index (χ0) is 17.7. The van der Waals surface area contributed by atoms with Gasteiger partial charge >= 0.3 is 6.09 Å². The number of aliphatic hydroxyl groups excluding tert-OH is 1. The molecule has 0 fully saturated rings. The van der Waals surface area contributed by atoms with Gasteiger partial charge in [0.25, 0.3) is 0 Å².